The van der Waals surface area contributed by atoms with Crippen LogP contribution in [0.25, 0.3) is 10.4 Å². The van der Waals surface area contributed by atoms with Crippen LogP contribution >= 0.6 is 11.3 Å². The number of benzene rings is 1. The highest BCUT2D eigenvalue weighted by atomic mass is 32.1. The zero-order chi connectivity index (χ0) is 18.5. The van der Waals surface area contributed by atoms with Crippen LogP contribution < -0.4 is 5.32 Å². The van der Waals surface area contributed by atoms with Gasteiger partial charge in [0, 0.05) is 21.9 Å². The molecule has 0 saturated carbocycles. The van der Waals surface area contributed by atoms with Gasteiger partial charge in [0.15, 0.2) is 0 Å². The lowest BCUT2D eigenvalue weighted by Crippen LogP contribution is -2.18. The van der Waals surface area contributed by atoms with Gasteiger partial charge in [0.05, 0.1) is 12.6 Å². The Morgan fingerprint density at radius 1 is 1.35 bits per heavy atom. The monoisotopic (exact) mass is 374 g/mol. The van der Waals surface area contributed by atoms with Crippen molar-refractivity contribution in [3.05, 3.63) is 58.7 Å². The zero-order valence-electron chi connectivity index (χ0n) is 14.5. The van der Waals surface area contributed by atoms with Gasteiger partial charge in [-0.3, -0.25) is 5.10 Å². The molecule has 0 aliphatic heterocycles. The fourth-order valence-electron chi connectivity index (χ4n) is 2.38. The van der Waals surface area contributed by atoms with Gasteiger partial charge in [0.2, 0.25) is 0 Å². The third-order valence-electron chi connectivity index (χ3n) is 3.75. The lowest BCUT2D eigenvalue weighted by Gasteiger charge is -2.09. The summed E-state index contributed by atoms with van der Waals surface area (Å²) < 4.78 is 18.7. The summed E-state index contributed by atoms with van der Waals surface area (Å²) in [6.07, 6.45) is 0. The predicted octanol–water partition coefficient (Wildman–Crippen LogP) is 3.70. The Labute approximate surface area is 154 Å². The average molecular weight is 374 g/mol. The first kappa shape index (κ1) is 18.2. The number of esters is 1. The number of halogens is 1. The number of rotatable bonds is 7. The summed E-state index contributed by atoms with van der Waals surface area (Å²) in [5.41, 5.74) is 0.603. The lowest BCUT2D eigenvalue weighted by atomic mass is 10.2. The molecule has 1 atom stereocenters. The van der Waals surface area contributed by atoms with Gasteiger partial charge in [-0.15, -0.1) is 16.4 Å². The highest BCUT2D eigenvalue weighted by Crippen LogP contribution is 2.30. The number of ether oxygens (including phenoxy) is 1. The van der Waals surface area contributed by atoms with Crippen LogP contribution in [-0.2, 0) is 11.3 Å². The van der Waals surface area contributed by atoms with E-state index in [4.69, 9.17) is 4.74 Å². The van der Waals surface area contributed by atoms with E-state index >= 15 is 0 Å². The second-order valence-corrected chi connectivity index (χ2v) is 6.78. The molecule has 1 unspecified atom stereocenters. The summed E-state index contributed by atoms with van der Waals surface area (Å²) in [5, 5.41) is 9.93. The molecule has 2 N–H and O–H groups in total. The van der Waals surface area contributed by atoms with Gasteiger partial charge in [-0.1, -0.05) is 18.2 Å². The van der Waals surface area contributed by atoms with Crippen molar-refractivity contribution in [3.63, 3.8) is 0 Å². The Hall–Kier alpha value is -2.58. The van der Waals surface area contributed by atoms with E-state index in [-0.39, 0.29) is 24.3 Å². The van der Waals surface area contributed by atoms with E-state index in [0.717, 1.165) is 9.75 Å². The molecule has 0 aliphatic rings. The number of nitrogens with one attached hydrogen (secondary N) is 2. The third kappa shape index (κ3) is 4.14. The lowest BCUT2D eigenvalue weighted by molar-refractivity contribution is 0.0512. The van der Waals surface area contributed by atoms with Crippen LogP contribution in [0.5, 0.6) is 0 Å². The van der Waals surface area contributed by atoms with Gasteiger partial charge in [-0.05, 0) is 32.0 Å². The number of H-pyrrole nitrogens is 1. The van der Waals surface area contributed by atoms with Crippen LogP contribution in [0, 0.1) is 5.82 Å². The summed E-state index contributed by atoms with van der Waals surface area (Å²) in [7, 11) is 0. The van der Waals surface area contributed by atoms with E-state index in [1.807, 2.05) is 25.1 Å². The second-order valence-electron chi connectivity index (χ2n) is 5.61. The van der Waals surface area contributed by atoms with Crippen molar-refractivity contribution in [2.24, 2.45) is 0 Å². The average Bonchev–Trinajstić information content (AvgIpc) is 3.30. The van der Waals surface area contributed by atoms with Gasteiger partial charge in [-0.25, -0.2) is 14.2 Å². The van der Waals surface area contributed by atoms with E-state index in [0.29, 0.717) is 17.9 Å². The molecule has 0 saturated heterocycles. The van der Waals surface area contributed by atoms with Crippen molar-refractivity contribution in [2.75, 3.05) is 6.61 Å². The molecule has 3 rings (SSSR count). The van der Waals surface area contributed by atoms with Gasteiger partial charge in [0.1, 0.15) is 11.6 Å². The van der Waals surface area contributed by atoms with Gasteiger partial charge in [0.25, 0.3) is 5.82 Å². The molecule has 0 bridgehead atoms. The van der Waals surface area contributed by atoms with E-state index in [1.54, 1.807) is 19.1 Å². The van der Waals surface area contributed by atoms with Crippen LogP contribution in [0.2, 0.25) is 0 Å². The number of thiophene rings is 1. The molecule has 136 valence electrons. The fraction of sp³-hybridized carbons (Fsp3) is 0.278. The molecular weight excluding hydrogens is 355 g/mol. The smallest absolute Gasteiger partial charge is 0.378 e. The van der Waals surface area contributed by atoms with Crippen LogP contribution in [0.4, 0.5) is 4.39 Å². The maximum Gasteiger partial charge on any atom is 0.378 e. The minimum atomic E-state index is -0.546. The van der Waals surface area contributed by atoms with Crippen molar-refractivity contribution in [2.45, 2.75) is 26.4 Å². The number of hydrogen-bond donors (Lipinski definition) is 2. The second kappa shape index (κ2) is 8.20. The SMILES string of the molecule is CCOC(=O)c1n[nH]c(C(C)NCc2ccc(-c3ccccc3F)s2)n1. The van der Waals surface area contributed by atoms with Gasteiger partial charge in [-0.2, -0.15) is 0 Å². The molecule has 0 radical (unpaired) electrons. The largest absolute Gasteiger partial charge is 0.460 e. The van der Waals surface area contributed by atoms with Crippen molar-refractivity contribution < 1.29 is 13.9 Å². The minimum Gasteiger partial charge on any atom is -0.460 e. The molecule has 0 aliphatic carbocycles. The number of carbonyl (C=O) groups excluding carboxylic acids is 1. The molecule has 0 fully saturated rings. The molecule has 0 amide bonds. The van der Waals surface area contributed by atoms with Crippen molar-refractivity contribution in [1.82, 2.24) is 20.5 Å². The number of carbonyl (C=O) groups is 1. The van der Waals surface area contributed by atoms with E-state index in [9.17, 15) is 9.18 Å². The first-order valence-corrected chi connectivity index (χ1v) is 9.06. The van der Waals surface area contributed by atoms with Crippen LogP contribution in [0.1, 0.15) is 41.2 Å². The third-order valence-corrected chi connectivity index (χ3v) is 4.87. The molecule has 2 heterocycles. The Kier molecular flexibility index (Phi) is 5.75. The van der Waals surface area contributed by atoms with E-state index in [1.165, 1.54) is 17.4 Å². The van der Waals surface area contributed by atoms with Crippen molar-refractivity contribution in [3.8, 4) is 10.4 Å². The standard InChI is InChI=1S/C18H19FN4O2S/c1-3-25-18(24)17-21-16(22-23-17)11(2)20-10-12-8-9-15(26-12)13-6-4-5-7-14(13)19/h4-9,11,20H,3,10H2,1-2H3,(H,21,22,23). The zero-order valence-corrected chi connectivity index (χ0v) is 15.3. The molecule has 1 aromatic carbocycles. The molecule has 3 aromatic rings. The van der Waals surface area contributed by atoms with Gasteiger partial charge < -0.3 is 10.1 Å². The Bertz CT molecular complexity index is 893. The summed E-state index contributed by atoms with van der Waals surface area (Å²) in [6.45, 7) is 4.52. The molecular formula is C18H19FN4O2S. The normalized spacial score (nSPS) is 12.1. The topological polar surface area (TPSA) is 79.9 Å². The predicted molar refractivity (Wildman–Crippen MR) is 97.3 cm³/mol. The molecule has 0 spiro atoms. The maximum absolute atomic E-state index is 13.9. The summed E-state index contributed by atoms with van der Waals surface area (Å²) in [4.78, 5) is 17.7. The summed E-state index contributed by atoms with van der Waals surface area (Å²) in [5.74, 6) is -0.197. The fourth-order valence-corrected chi connectivity index (χ4v) is 3.37. The van der Waals surface area contributed by atoms with Crippen molar-refractivity contribution in [1.29, 1.82) is 0 Å². The number of aromatic amines is 1. The van der Waals surface area contributed by atoms with Crippen LogP contribution in [0.15, 0.2) is 36.4 Å². The number of hydrogen-bond acceptors (Lipinski definition) is 6. The Morgan fingerprint density at radius 2 is 2.15 bits per heavy atom. The number of nitrogens with zero attached hydrogens (tertiary/aromatic N) is 2. The summed E-state index contributed by atoms with van der Waals surface area (Å²) in [6, 6.07) is 10.5. The van der Waals surface area contributed by atoms with Crippen molar-refractivity contribution >= 4 is 17.3 Å². The molecule has 2 aromatic heterocycles. The maximum atomic E-state index is 13.9. The minimum absolute atomic E-state index is 0.0217. The van der Waals surface area contributed by atoms with Gasteiger partial charge >= 0.3 is 5.97 Å². The van der Waals surface area contributed by atoms with Crippen LogP contribution in [-0.4, -0.2) is 27.8 Å². The Balaban J connectivity index is 1.61. The number of aromatic nitrogens is 3. The first-order chi connectivity index (χ1) is 12.6. The molecule has 6 nitrogen and oxygen atoms in total. The highest BCUT2D eigenvalue weighted by molar-refractivity contribution is 7.15. The quantitative estimate of drug-likeness (QED) is 0.617. The molecule has 26 heavy (non-hydrogen) atoms. The first-order valence-electron chi connectivity index (χ1n) is 8.25. The van der Waals surface area contributed by atoms with Crippen LogP contribution in [0.3, 0.4) is 0 Å². The Morgan fingerprint density at radius 3 is 2.92 bits per heavy atom. The summed E-state index contributed by atoms with van der Waals surface area (Å²) >= 11 is 1.53. The van der Waals surface area contributed by atoms with E-state index < -0.39 is 5.97 Å². The highest BCUT2D eigenvalue weighted by Gasteiger charge is 2.17. The molecule has 8 heteroatoms. The van der Waals surface area contributed by atoms with E-state index in [2.05, 4.69) is 20.5 Å².